The summed E-state index contributed by atoms with van der Waals surface area (Å²) in [7, 11) is -2.41. The molecule has 29 heteroatoms. The second-order valence-electron chi connectivity index (χ2n) is 20.2. The van der Waals surface area contributed by atoms with Crippen LogP contribution in [0.5, 0.6) is 5.75 Å². The molecule has 0 radical (unpaired) electrons. The maximum Gasteiger partial charge on any atom is 0.246 e. The summed E-state index contributed by atoms with van der Waals surface area (Å²) in [4.78, 5) is 156. The molecule has 79 heavy (non-hydrogen) atoms. The highest BCUT2D eigenvalue weighted by Crippen LogP contribution is 2.31. The van der Waals surface area contributed by atoms with Gasteiger partial charge in [0.2, 0.25) is 65.0 Å². The number of benzene rings is 1. The number of aromatic amines is 1. The second-order valence-corrected chi connectivity index (χ2v) is 22.7. The van der Waals surface area contributed by atoms with Crippen LogP contribution >= 0.6 is 11.8 Å². The number of H-pyrrole nitrogens is 1. The average Bonchev–Trinajstić information content (AvgIpc) is 4.11. The van der Waals surface area contributed by atoms with Crippen molar-refractivity contribution in [1.82, 2.24) is 52.0 Å². The number of aliphatic hydroxyl groups is 3. The zero-order valence-electron chi connectivity index (χ0n) is 44.3. The Morgan fingerprint density at radius 2 is 1.53 bits per heavy atom. The molecule has 12 unspecified atom stereocenters. The number of nitrogens with one attached hydrogen (secondary N) is 8. The number of hydrogen-bond donors (Lipinski definition) is 12. The van der Waals surface area contributed by atoms with E-state index in [1.165, 1.54) is 23.6 Å². The molecule has 4 aliphatic rings. The van der Waals surface area contributed by atoms with Crippen LogP contribution in [0.3, 0.4) is 0 Å². The minimum atomic E-state index is -2.41. The first kappa shape index (κ1) is 61.5. The van der Waals surface area contributed by atoms with Crippen molar-refractivity contribution in [2.45, 2.75) is 137 Å². The Balaban J connectivity index is 1.42. The van der Waals surface area contributed by atoms with Crippen molar-refractivity contribution in [2.24, 2.45) is 17.6 Å². The number of aliphatic hydroxyl groups excluding tert-OH is 3. The first-order valence-electron chi connectivity index (χ1n) is 26.2. The molecular formula is C50H71N11O16S2. The van der Waals surface area contributed by atoms with Gasteiger partial charge in [-0.2, -0.15) is 11.8 Å². The second kappa shape index (κ2) is 27.9. The largest absolute Gasteiger partial charge is 0.494 e. The van der Waals surface area contributed by atoms with Crippen LogP contribution in [0, 0.1) is 11.8 Å². The molecule has 0 saturated carbocycles. The lowest BCUT2D eigenvalue weighted by atomic mass is 9.93. The Kier molecular flexibility index (Phi) is 21.8. The number of likely N-dealkylation sites (tertiary alicyclic amines) is 1. The summed E-state index contributed by atoms with van der Waals surface area (Å²) in [5, 5.41) is 48.9. The fourth-order valence-electron chi connectivity index (χ4n) is 9.77. The van der Waals surface area contributed by atoms with E-state index in [1.54, 1.807) is 38.3 Å². The van der Waals surface area contributed by atoms with Crippen molar-refractivity contribution in [2.75, 3.05) is 51.4 Å². The fourth-order valence-corrected chi connectivity index (χ4v) is 11.8. The summed E-state index contributed by atoms with van der Waals surface area (Å²) in [6.45, 7) is 2.30. The predicted molar refractivity (Wildman–Crippen MR) is 283 cm³/mol. The fraction of sp³-hybridized carbons (Fsp3) is 0.620. The van der Waals surface area contributed by atoms with Gasteiger partial charge >= 0.3 is 0 Å². The van der Waals surface area contributed by atoms with Gasteiger partial charge in [-0.05, 0) is 42.7 Å². The number of primary amides is 1. The molecule has 6 rings (SSSR count). The van der Waals surface area contributed by atoms with Gasteiger partial charge in [-0.1, -0.05) is 40.0 Å². The number of amides is 11. The van der Waals surface area contributed by atoms with Gasteiger partial charge in [-0.3, -0.25) is 61.8 Å². The van der Waals surface area contributed by atoms with Crippen molar-refractivity contribution >= 4 is 98.4 Å². The summed E-state index contributed by atoms with van der Waals surface area (Å²) in [6, 6.07) is -5.30. The molecule has 12 atom stereocenters. The smallest absolute Gasteiger partial charge is 0.246 e. The van der Waals surface area contributed by atoms with E-state index < -0.39 is 176 Å². The highest BCUT2D eigenvalue weighted by Gasteiger charge is 2.45. The van der Waals surface area contributed by atoms with E-state index in [-0.39, 0.29) is 46.2 Å². The first-order valence-corrected chi connectivity index (χ1v) is 28.8. The number of hydrogen-bond acceptors (Lipinski definition) is 17. The summed E-state index contributed by atoms with van der Waals surface area (Å²) < 4.78 is 21.1. The number of carbonyl (C=O) groups is 11. The number of fused-ring (bicyclic) bond motifs is 5. The number of carbonyl (C=O) groups excluding carboxylic acids is 11. The van der Waals surface area contributed by atoms with E-state index in [2.05, 4.69) is 42.2 Å². The number of rotatable bonds is 16. The van der Waals surface area contributed by atoms with Crippen molar-refractivity contribution < 1.29 is 77.0 Å². The maximum atomic E-state index is 15.0. The molecule has 2 fully saturated rings. The quantitative estimate of drug-likeness (QED) is 0.0560. The van der Waals surface area contributed by atoms with Gasteiger partial charge in [-0.25, -0.2) is 0 Å². The summed E-state index contributed by atoms with van der Waals surface area (Å²) in [5.41, 5.74) is 5.95. The Morgan fingerprint density at radius 3 is 2.20 bits per heavy atom. The van der Waals surface area contributed by atoms with Gasteiger partial charge in [0.15, 0.2) is 0 Å². The number of unbranched alkanes of at least 4 members (excludes halogenated alkanes) is 3. The summed E-state index contributed by atoms with van der Waals surface area (Å²) >= 11 is 1.35. The van der Waals surface area contributed by atoms with E-state index in [4.69, 9.17) is 10.5 Å². The Hall–Kier alpha value is -6.69. The van der Waals surface area contributed by atoms with E-state index in [0.29, 0.717) is 49.8 Å². The number of ether oxygens (including phenoxy) is 1. The number of thioether (sulfide) groups is 1. The highest BCUT2D eigenvalue weighted by atomic mass is 32.2. The van der Waals surface area contributed by atoms with Crippen LogP contribution in [0.25, 0.3) is 10.9 Å². The maximum absolute atomic E-state index is 15.0. The molecule has 13 N–H and O–H groups in total. The number of aromatic nitrogens is 1. The molecule has 4 aliphatic heterocycles. The van der Waals surface area contributed by atoms with Gasteiger partial charge in [-0.15, -0.1) is 0 Å². The molecule has 2 saturated heterocycles. The number of nitrogens with zero attached hydrogens (tertiary/aromatic N) is 2. The minimum absolute atomic E-state index is 0.113. The molecule has 1 aromatic carbocycles. The lowest BCUT2D eigenvalue weighted by molar-refractivity contribution is -0.144. The number of nitrogens with two attached hydrogens (primary N) is 1. The van der Waals surface area contributed by atoms with Gasteiger partial charge in [0.05, 0.1) is 72.3 Å². The molecule has 5 heterocycles. The van der Waals surface area contributed by atoms with E-state index in [1.807, 2.05) is 0 Å². The van der Waals surface area contributed by atoms with Crippen LogP contribution in [-0.2, 0) is 70.0 Å². The molecule has 2 bridgehead atoms. The van der Waals surface area contributed by atoms with Crippen molar-refractivity contribution in [3.8, 4) is 5.75 Å². The first-order chi connectivity index (χ1) is 37.5. The third-order valence-electron chi connectivity index (χ3n) is 14.6. The van der Waals surface area contributed by atoms with Crippen LogP contribution in [-0.4, -0.2) is 204 Å². The molecule has 27 nitrogen and oxygen atoms in total. The predicted octanol–water partition coefficient (Wildman–Crippen LogP) is -4.20. The third kappa shape index (κ3) is 15.6. The molecule has 434 valence electrons. The topological polar surface area (TPSA) is 407 Å². The van der Waals surface area contributed by atoms with Gasteiger partial charge in [0.1, 0.15) is 47.0 Å². The molecule has 11 amide bonds. The van der Waals surface area contributed by atoms with Crippen molar-refractivity contribution in [1.29, 1.82) is 0 Å². The van der Waals surface area contributed by atoms with E-state index in [0.717, 1.165) is 4.90 Å². The molecule has 0 spiro atoms. The van der Waals surface area contributed by atoms with Gasteiger partial charge in [0, 0.05) is 49.7 Å². The zero-order chi connectivity index (χ0) is 57.8. The average molecular weight is 1150 g/mol. The minimum Gasteiger partial charge on any atom is -0.494 e. The molecule has 0 aliphatic carbocycles. The monoisotopic (exact) mass is 1150 g/mol. The van der Waals surface area contributed by atoms with Crippen LogP contribution in [0.4, 0.5) is 0 Å². The van der Waals surface area contributed by atoms with Gasteiger partial charge in [0.25, 0.3) is 0 Å². The van der Waals surface area contributed by atoms with Crippen molar-refractivity contribution in [3.05, 3.63) is 23.8 Å². The van der Waals surface area contributed by atoms with Crippen LogP contribution in [0.15, 0.2) is 23.2 Å². The normalized spacial score (nSPS) is 27.4. The van der Waals surface area contributed by atoms with Gasteiger partial charge < -0.3 is 72.9 Å². The zero-order valence-corrected chi connectivity index (χ0v) is 46.0. The highest BCUT2D eigenvalue weighted by molar-refractivity contribution is 8.00. The molecule has 1 aromatic heterocycles. The van der Waals surface area contributed by atoms with E-state index in [9.17, 15) is 68.1 Å². The Morgan fingerprint density at radius 1 is 0.835 bits per heavy atom. The summed E-state index contributed by atoms with van der Waals surface area (Å²) in [5.74, 6) is -11.9. The van der Waals surface area contributed by atoms with Crippen LogP contribution in [0.1, 0.15) is 77.7 Å². The SMILES string of the molecule is CCC(C)C1NC(=O)CNC(=O)C2Cc3c([nH]c4cc(OCCCCCCN5C(=O)CC(SC)C5=O)ccc34)S(=O)CC(NC(=O)CNC1=O)C(=O)NC(CC(N)=O)C(=O)N1CC(O)CC1C(=O)NC(C(C)C(O)CO)C(=O)N2. The Labute approximate surface area is 461 Å². The van der Waals surface area contributed by atoms with Crippen LogP contribution in [0.2, 0.25) is 0 Å². The third-order valence-corrected chi connectivity index (χ3v) is 16.9. The lowest BCUT2D eigenvalue weighted by Crippen LogP contribution is -2.62. The number of imide groups is 1. The Bertz CT molecular complexity index is 2690. The van der Waals surface area contributed by atoms with Crippen LogP contribution < -0.4 is 47.7 Å². The molecular weight excluding hydrogens is 1070 g/mol. The summed E-state index contributed by atoms with van der Waals surface area (Å²) in [6.07, 6.45) is 0.107. The standard InChI is InChI=1S/C50H71N11O16S2/c1-5-24(2)41-46(72)53-19-38(66)54-33-23-79(76)48-29(28-11-10-27(15-30(28)57-48)77-13-9-7-6-8-12-60-40(68)18-36(78-4)50(60)75)16-31(43(69)52-20-39(67)58-41)55-47(73)42(25(3)35(64)22-62)59-45(71)34-14-26(63)21-61(34)49(74)32(17-37(51)65)56-44(33)70/h10-11,15,24-26,31-36,41-42,57,62-64H,5-9,12-14,16-23H2,1-4H3,(H2,51,65)(H,52,69)(H,53,72)(H,54,66)(H,55,73)(H,56,70)(H,58,67)(H,59,71). The molecule has 2 aromatic rings. The van der Waals surface area contributed by atoms with E-state index >= 15 is 4.21 Å². The van der Waals surface area contributed by atoms with Crippen molar-refractivity contribution in [3.63, 3.8) is 0 Å². The lowest BCUT2D eigenvalue weighted by Gasteiger charge is -2.32.